The first-order chi connectivity index (χ1) is 47.6. The number of amides is 10. The van der Waals surface area contributed by atoms with Gasteiger partial charge in [0.15, 0.2) is 0 Å². The number of hydrogen-bond acceptors (Lipinski definition) is 17. The molecule has 0 aliphatic heterocycles. The Labute approximate surface area is 592 Å². The lowest BCUT2D eigenvalue weighted by atomic mass is 9.95. The number of unbranched alkanes of at least 4 members (excludes halogenated alkanes) is 5. The van der Waals surface area contributed by atoms with Gasteiger partial charge in [-0.2, -0.15) is 0 Å². The van der Waals surface area contributed by atoms with Gasteiger partial charge in [0.1, 0.15) is 60.4 Å². The van der Waals surface area contributed by atoms with Crippen LogP contribution in [0.25, 0.3) is 0 Å². The fourth-order valence-electron chi connectivity index (χ4n) is 11.3. The average Bonchev–Trinajstić information content (AvgIpc) is 0.852. The minimum Gasteiger partial charge on any atom is -0.480 e. The Morgan fingerprint density at radius 3 is 0.910 bits per heavy atom. The molecule has 2 aromatic carbocycles. The lowest BCUT2D eigenvalue weighted by Crippen LogP contribution is -2.61. The summed E-state index contributed by atoms with van der Waals surface area (Å²) in [7, 11) is 0. The first-order valence-corrected chi connectivity index (χ1v) is 36.2. The predicted octanol–water partition coefficient (Wildman–Crippen LogP) is 1.56. The van der Waals surface area contributed by atoms with Crippen LogP contribution in [0.15, 0.2) is 60.7 Å². The Kier molecular flexibility index (Phi) is 44.1. The van der Waals surface area contributed by atoms with Gasteiger partial charge in [-0.15, -0.1) is 0 Å². The highest BCUT2D eigenvalue weighted by Gasteiger charge is 2.38. The van der Waals surface area contributed by atoms with Gasteiger partial charge in [0.05, 0.1) is 6.04 Å². The molecule has 0 aromatic heterocycles. The van der Waals surface area contributed by atoms with Crippen LogP contribution in [0.3, 0.4) is 0 Å². The van der Waals surface area contributed by atoms with E-state index in [2.05, 4.69) is 53.2 Å². The van der Waals surface area contributed by atoms with Crippen LogP contribution in [-0.2, 0) is 65.6 Å². The number of carbonyl (C=O) groups excluding carboxylic acids is 10. The number of carbonyl (C=O) groups is 11. The molecule has 0 saturated heterocycles. The molecule has 12 atom stereocenters. The molecular formula is C72H124N16O12. The van der Waals surface area contributed by atoms with E-state index in [0.29, 0.717) is 101 Å². The quantitative estimate of drug-likeness (QED) is 0.0418. The van der Waals surface area contributed by atoms with Gasteiger partial charge in [-0.1, -0.05) is 129 Å². The molecule has 0 bridgehead atoms. The number of nitrogens with one attached hydrogen (secondary N) is 10. The van der Waals surface area contributed by atoms with Crippen molar-refractivity contribution in [1.29, 1.82) is 0 Å². The van der Waals surface area contributed by atoms with Crippen LogP contribution in [-0.4, -0.2) is 169 Å². The van der Waals surface area contributed by atoms with Crippen molar-refractivity contribution in [1.82, 2.24) is 53.2 Å². The summed E-state index contributed by atoms with van der Waals surface area (Å²) in [6.07, 6.45) is 6.27. The zero-order valence-corrected chi connectivity index (χ0v) is 60.7. The summed E-state index contributed by atoms with van der Waals surface area (Å²) in [5, 5.41) is 38.0. The third-order valence-electron chi connectivity index (χ3n) is 17.3. The topological polar surface area (TPSA) is 484 Å². The Balaban J connectivity index is 2.57. The van der Waals surface area contributed by atoms with Crippen molar-refractivity contribution in [3.63, 3.8) is 0 Å². The van der Waals surface area contributed by atoms with Crippen LogP contribution < -0.4 is 87.6 Å². The lowest BCUT2D eigenvalue weighted by molar-refractivity contribution is -0.142. The first-order valence-electron chi connectivity index (χ1n) is 36.2. The minimum absolute atomic E-state index is 0.00776. The van der Waals surface area contributed by atoms with E-state index >= 15 is 0 Å². The summed E-state index contributed by atoms with van der Waals surface area (Å²) in [6.45, 7) is 16.2. The van der Waals surface area contributed by atoms with E-state index < -0.39 is 137 Å². The maximum Gasteiger partial charge on any atom is 0.326 e. The summed E-state index contributed by atoms with van der Waals surface area (Å²) in [6, 6.07) is 4.37. The molecule has 100 heavy (non-hydrogen) atoms. The van der Waals surface area contributed by atoms with Gasteiger partial charge in [0.25, 0.3) is 0 Å². The lowest BCUT2D eigenvalue weighted by Gasteiger charge is -2.30. The van der Waals surface area contributed by atoms with Crippen LogP contribution in [0.4, 0.5) is 0 Å². The van der Waals surface area contributed by atoms with Crippen LogP contribution in [0.2, 0.25) is 0 Å². The summed E-state index contributed by atoms with van der Waals surface area (Å²) in [5.41, 5.74) is 36.6. The van der Waals surface area contributed by atoms with E-state index in [9.17, 15) is 57.8 Å². The zero-order chi connectivity index (χ0) is 74.7. The molecule has 2 aromatic rings. The molecule has 0 unspecified atom stereocenters. The van der Waals surface area contributed by atoms with Gasteiger partial charge in [-0.25, -0.2) is 4.79 Å². The van der Waals surface area contributed by atoms with Crippen LogP contribution in [0.5, 0.6) is 0 Å². The first kappa shape index (κ1) is 88.5. The van der Waals surface area contributed by atoms with Gasteiger partial charge in [0, 0.05) is 12.8 Å². The zero-order valence-electron chi connectivity index (χ0n) is 60.7. The van der Waals surface area contributed by atoms with Crippen molar-refractivity contribution in [3.8, 4) is 0 Å². The molecule has 0 heterocycles. The number of aliphatic carboxylic acids is 1. The molecule has 0 saturated carbocycles. The highest BCUT2D eigenvalue weighted by molar-refractivity contribution is 5.99. The summed E-state index contributed by atoms with van der Waals surface area (Å²) in [4.78, 5) is 156. The average molecular weight is 1410 g/mol. The molecule has 28 heteroatoms. The van der Waals surface area contributed by atoms with E-state index in [1.807, 2.05) is 48.5 Å². The maximum absolute atomic E-state index is 14.8. The number of benzene rings is 2. The molecule has 0 aliphatic rings. The van der Waals surface area contributed by atoms with Gasteiger partial charge in [-0.3, -0.25) is 47.9 Å². The highest BCUT2D eigenvalue weighted by atomic mass is 16.4. The van der Waals surface area contributed by atoms with E-state index in [4.69, 9.17) is 34.4 Å². The number of rotatable bonds is 53. The molecule has 28 nitrogen and oxygen atoms in total. The van der Waals surface area contributed by atoms with Crippen LogP contribution >= 0.6 is 0 Å². The molecule has 0 radical (unpaired) electrons. The van der Waals surface area contributed by atoms with Crippen molar-refractivity contribution in [2.45, 2.75) is 257 Å². The van der Waals surface area contributed by atoms with Crippen molar-refractivity contribution < 1.29 is 57.8 Å². The van der Waals surface area contributed by atoms with E-state index in [-0.39, 0.29) is 95.2 Å². The van der Waals surface area contributed by atoms with Gasteiger partial charge >= 0.3 is 5.97 Å². The molecule has 10 amide bonds. The van der Waals surface area contributed by atoms with Gasteiger partial charge < -0.3 is 92.7 Å². The molecular weight excluding hydrogens is 1280 g/mol. The largest absolute Gasteiger partial charge is 0.480 e. The second kappa shape index (κ2) is 49.8. The number of hydrogen-bond donors (Lipinski definition) is 17. The second-order valence-corrected chi connectivity index (χ2v) is 27.6. The second-order valence-electron chi connectivity index (χ2n) is 27.6. The molecule has 23 N–H and O–H groups in total. The molecule has 0 aliphatic carbocycles. The van der Waals surface area contributed by atoms with Crippen molar-refractivity contribution in [3.05, 3.63) is 71.8 Å². The van der Waals surface area contributed by atoms with Crippen LogP contribution in [0, 0.1) is 23.7 Å². The number of carboxylic acids is 1. The molecule has 564 valence electrons. The normalized spacial score (nSPS) is 15.0. The van der Waals surface area contributed by atoms with Crippen molar-refractivity contribution in [2.24, 2.45) is 58.1 Å². The third kappa shape index (κ3) is 35.1. The maximum atomic E-state index is 14.8. The van der Waals surface area contributed by atoms with Crippen molar-refractivity contribution in [2.75, 3.05) is 32.7 Å². The SMILES string of the molecule is CC[C@H](C)[C@H](NC(=O)[C@H](CCCCN)NC(=O)[C@H](CCCCN)NC(=O)[C@H](Cc1ccccc1)NC(=O)[C@H](CC(C)C)NC(=O)[C@H](CCCCN)NC(=O)[C@@H](N)CCCCN)C(=O)N[C@@H](CC(C)C)C(=O)N[C@@H](CCCCN)C(=O)N[C@@H](Cc1ccccc1)C(=O)N[C@@H](CC(C)C)C(=O)O. The summed E-state index contributed by atoms with van der Waals surface area (Å²) < 4.78 is 0. The summed E-state index contributed by atoms with van der Waals surface area (Å²) >= 11 is 0. The van der Waals surface area contributed by atoms with Gasteiger partial charge in [-0.05, 0) is 177 Å². The summed E-state index contributed by atoms with van der Waals surface area (Å²) in [5.74, 6) is -9.23. The Hall–Kier alpha value is -7.63. The minimum atomic E-state index is -1.32. The number of carboxylic acid groups (broad SMARTS) is 1. The smallest absolute Gasteiger partial charge is 0.326 e. The fourth-order valence-corrected chi connectivity index (χ4v) is 11.3. The predicted molar refractivity (Wildman–Crippen MR) is 388 cm³/mol. The molecule has 0 fully saturated rings. The van der Waals surface area contributed by atoms with E-state index in [1.54, 1.807) is 67.6 Å². The van der Waals surface area contributed by atoms with Crippen LogP contribution in [0.1, 0.15) is 189 Å². The fraction of sp³-hybridized carbons (Fsp3) is 0.681. The van der Waals surface area contributed by atoms with E-state index in [1.165, 1.54) is 0 Å². The molecule has 2 rings (SSSR count). The van der Waals surface area contributed by atoms with Gasteiger partial charge in [0.2, 0.25) is 59.1 Å². The third-order valence-corrected chi connectivity index (χ3v) is 17.3. The molecule has 0 spiro atoms. The van der Waals surface area contributed by atoms with Crippen molar-refractivity contribution >= 4 is 65.0 Å². The number of nitrogens with two attached hydrogens (primary N) is 6. The monoisotopic (exact) mass is 1400 g/mol. The highest BCUT2D eigenvalue weighted by Crippen LogP contribution is 2.17. The standard InChI is InChI=1S/C72H124N16O12/c1-9-48(8)61(71(98)86-57(41-46(4)5)67(94)81-54(33-19-24-38-76)65(92)84-59(44-50-28-14-11-15-29-50)70(97)87-60(72(99)100)42-47(6)7)88-66(93)55(34-20-25-39-77)80-63(90)53(32-18-23-37-75)82-69(96)58(43-49-26-12-10-13-27-49)85-68(95)56(40-45(2)3)83-64(91)52(31-17-22-36-74)79-62(89)51(78)30-16-21-35-73/h10-15,26-29,45-48,51-61H,9,16-25,30-44,73-78H2,1-8H3,(H,79,89)(H,80,90)(H,81,94)(H,82,96)(H,83,91)(H,84,92)(H,85,95)(H,86,98)(H,87,97)(H,88,93)(H,99,100)/t48-,51-,52-,53-,54-,55-,56-,57-,58-,59-,60-,61-/m0/s1. The Morgan fingerprint density at radius 1 is 0.330 bits per heavy atom. The Bertz CT molecular complexity index is 2780. The van der Waals surface area contributed by atoms with E-state index in [0.717, 1.165) is 0 Å². The Morgan fingerprint density at radius 2 is 0.590 bits per heavy atom.